The number of imidazole rings is 1. The fourth-order valence-corrected chi connectivity index (χ4v) is 3.77. The number of methoxy groups -OCH3 is 1. The number of benzene rings is 1. The van der Waals surface area contributed by atoms with Crippen LogP contribution in [0.3, 0.4) is 0 Å². The van der Waals surface area contributed by atoms with Gasteiger partial charge in [-0.25, -0.2) is 9.97 Å². The minimum absolute atomic E-state index is 0.0227. The number of hydrogen-bond donors (Lipinski definition) is 0. The van der Waals surface area contributed by atoms with E-state index in [0.29, 0.717) is 6.42 Å². The highest BCUT2D eigenvalue weighted by atomic mass is 16.5. The number of carbonyl (C=O) groups excluding carboxylic acids is 1. The van der Waals surface area contributed by atoms with Crippen LogP contribution in [0.2, 0.25) is 0 Å². The van der Waals surface area contributed by atoms with Gasteiger partial charge in [-0.2, -0.15) is 0 Å². The Morgan fingerprint density at radius 1 is 1.21 bits per heavy atom. The molecule has 3 heterocycles. The first-order valence-corrected chi connectivity index (χ1v) is 9.55. The molecule has 0 aliphatic carbocycles. The molecular weight excluding hydrogens is 352 g/mol. The van der Waals surface area contributed by atoms with E-state index in [2.05, 4.69) is 4.98 Å². The number of pyridine rings is 1. The second kappa shape index (κ2) is 7.84. The van der Waals surface area contributed by atoms with Crippen molar-refractivity contribution < 1.29 is 9.53 Å². The van der Waals surface area contributed by atoms with Crippen molar-refractivity contribution in [3.63, 3.8) is 0 Å². The number of ether oxygens (including phenoxy) is 1. The highest BCUT2D eigenvalue weighted by Gasteiger charge is 2.31. The lowest BCUT2D eigenvalue weighted by molar-refractivity contribution is -0.131. The molecule has 144 valence electrons. The summed E-state index contributed by atoms with van der Waals surface area (Å²) in [5, 5.41) is 0. The van der Waals surface area contributed by atoms with Gasteiger partial charge in [-0.15, -0.1) is 0 Å². The highest BCUT2D eigenvalue weighted by molar-refractivity contribution is 5.79. The van der Waals surface area contributed by atoms with Crippen LogP contribution in [0.5, 0.6) is 5.75 Å². The zero-order valence-corrected chi connectivity index (χ0v) is 16.2. The van der Waals surface area contributed by atoms with Crippen molar-refractivity contribution in [1.29, 1.82) is 0 Å². The molecule has 28 heavy (non-hydrogen) atoms. The van der Waals surface area contributed by atoms with Crippen LogP contribution >= 0.6 is 0 Å². The Hall–Kier alpha value is -3.15. The van der Waals surface area contributed by atoms with Crippen LogP contribution in [-0.4, -0.2) is 39.0 Å². The second-order valence-electron chi connectivity index (χ2n) is 7.04. The number of rotatable bonds is 5. The fraction of sp³-hybridized carbons (Fsp3) is 0.318. The van der Waals surface area contributed by atoms with E-state index in [1.165, 1.54) is 0 Å². The summed E-state index contributed by atoms with van der Waals surface area (Å²) in [6.07, 6.45) is 6.00. The maximum atomic E-state index is 13.0. The molecule has 1 amide bonds. The predicted molar refractivity (Wildman–Crippen MR) is 106 cm³/mol. The van der Waals surface area contributed by atoms with E-state index in [4.69, 9.17) is 9.72 Å². The van der Waals surface area contributed by atoms with Gasteiger partial charge in [-0.05, 0) is 49.6 Å². The number of nitrogens with zero attached hydrogens (tertiary/aromatic N) is 4. The van der Waals surface area contributed by atoms with Gasteiger partial charge >= 0.3 is 0 Å². The molecule has 4 rings (SSSR count). The Balaban J connectivity index is 1.53. The summed E-state index contributed by atoms with van der Waals surface area (Å²) in [6.45, 7) is 2.73. The average Bonchev–Trinajstić information content (AvgIpc) is 3.38. The van der Waals surface area contributed by atoms with Crippen molar-refractivity contribution in [2.45, 2.75) is 32.2 Å². The molecule has 2 aromatic heterocycles. The van der Waals surface area contributed by atoms with Crippen molar-refractivity contribution in [3.05, 3.63) is 71.9 Å². The molecule has 6 nitrogen and oxygen atoms in total. The minimum atomic E-state index is 0.0227. The molecule has 6 heteroatoms. The third kappa shape index (κ3) is 3.63. The van der Waals surface area contributed by atoms with Crippen LogP contribution in [0.25, 0.3) is 5.82 Å². The lowest BCUT2D eigenvalue weighted by Gasteiger charge is -2.25. The van der Waals surface area contributed by atoms with E-state index in [-0.39, 0.29) is 11.9 Å². The Kier molecular flexibility index (Phi) is 5.10. The summed E-state index contributed by atoms with van der Waals surface area (Å²) in [5.41, 5.74) is 1.93. The van der Waals surface area contributed by atoms with Gasteiger partial charge in [0.2, 0.25) is 5.91 Å². The van der Waals surface area contributed by atoms with E-state index in [0.717, 1.165) is 48.0 Å². The van der Waals surface area contributed by atoms with Gasteiger partial charge in [0, 0.05) is 18.9 Å². The molecule has 1 atom stereocenters. The normalized spacial score (nSPS) is 16.4. The van der Waals surface area contributed by atoms with Gasteiger partial charge in [0.15, 0.2) is 0 Å². The molecule has 0 unspecified atom stereocenters. The first kappa shape index (κ1) is 18.2. The molecule has 1 fully saturated rings. The number of aryl methyl sites for hydroxylation is 1. The van der Waals surface area contributed by atoms with Crippen LogP contribution in [0.15, 0.2) is 54.9 Å². The molecule has 1 aliphatic rings. The third-order valence-electron chi connectivity index (χ3n) is 5.26. The first-order valence-electron chi connectivity index (χ1n) is 9.55. The van der Waals surface area contributed by atoms with Crippen LogP contribution in [0, 0.1) is 6.92 Å². The Morgan fingerprint density at radius 2 is 2.04 bits per heavy atom. The molecule has 1 aliphatic heterocycles. The highest BCUT2D eigenvalue weighted by Crippen LogP contribution is 2.32. The zero-order chi connectivity index (χ0) is 19.5. The summed E-state index contributed by atoms with van der Waals surface area (Å²) < 4.78 is 7.15. The molecule has 0 radical (unpaired) electrons. The maximum absolute atomic E-state index is 13.0. The molecule has 0 saturated carbocycles. The number of amides is 1. The summed E-state index contributed by atoms with van der Waals surface area (Å²) >= 11 is 0. The molecule has 0 bridgehead atoms. The van der Waals surface area contributed by atoms with Crippen LogP contribution in [-0.2, 0) is 11.2 Å². The molecule has 3 aromatic rings. The molecule has 0 N–H and O–H groups in total. The number of likely N-dealkylation sites (tertiary alicyclic amines) is 1. The summed E-state index contributed by atoms with van der Waals surface area (Å²) in [6, 6.07) is 13.7. The second-order valence-corrected chi connectivity index (χ2v) is 7.04. The lowest BCUT2D eigenvalue weighted by Crippen LogP contribution is -2.32. The Bertz CT molecular complexity index is 965. The van der Waals surface area contributed by atoms with Gasteiger partial charge in [-0.3, -0.25) is 9.36 Å². The minimum Gasteiger partial charge on any atom is -0.497 e. The van der Waals surface area contributed by atoms with Gasteiger partial charge in [0.1, 0.15) is 17.4 Å². The fourth-order valence-electron chi connectivity index (χ4n) is 3.77. The van der Waals surface area contributed by atoms with Gasteiger partial charge in [0.05, 0.1) is 25.3 Å². The smallest absolute Gasteiger partial charge is 0.227 e. The van der Waals surface area contributed by atoms with Crippen LogP contribution in [0.1, 0.15) is 36.0 Å². The van der Waals surface area contributed by atoms with Crippen molar-refractivity contribution in [3.8, 4) is 11.6 Å². The monoisotopic (exact) mass is 376 g/mol. The Morgan fingerprint density at radius 3 is 2.75 bits per heavy atom. The topological polar surface area (TPSA) is 60.2 Å². The zero-order valence-electron chi connectivity index (χ0n) is 16.2. The summed E-state index contributed by atoms with van der Waals surface area (Å²) in [5.74, 6) is 2.66. The predicted octanol–water partition coefficient (Wildman–Crippen LogP) is 3.49. The third-order valence-corrected chi connectivity index (χ3v) is 5.26. The van der Waals surface area contributed by atoms with E-state index < -0.39 is 0 Å². The average molecular weight is 376 g/mol. The van der Waals surface area contributed by atoms with Crippen LogP contribution < -0.4 is 4.74 Å². The van der Waals surface area contributed by atoms with Gasteiger partial charge in [-0.1, -0.05) is 18.2 Å². The van der Waals surface area contributed by atoms with Crippen molar-refractivity contribution in [1.82, 2.24) is 19.4 Å². The SMILES string of the molecule is COc1ccc(CC(=O)N2CCC[C@@H]2c2cccc(-n3ccnc3C)n2)cc1. The largest absolute Gasteiger partial charge is 0.497 e. The molecule has 1 saturated heterocycles. The van der Waals surface area contributed by atoms with Crippen molar-refractivity contribution in [2.24, 2.45) is 0 Å². The van der Waals surface area contributed by atoms with Crippen molar-refractivity contribution >= 4 is 5.91 Å². The van der Waals surface area contributed by atoms with E-state index in [1.807, 2.05) is 65.1 Å². The first-order chi connectivity index (χ1) is 13.7. The van der Waals surface area contributed by atoms with E-state index in [9.17, 15) is 4.79 Å². The quantitative estimate of drug-likeness (QED) is 0.684. The molecule has 0 spiro atoms. The maximum Gasteiger partial charge on any atom is 0.227 e. The number of aromatic nitrogens is 3. The number of hydrogen-bond acceptors (Lipinski definition) is 4. The lowest BCUT2D eigenvalue weighted by atomic mass is 10.1. The molecular formula is C22H24N4O2. The molecule has 1 aromatic carbocycles. The summed E-state index contributed by atoms with van der Waals surface area (Å²) in [4.78, 5) is 24.0. The Labute approximate surface area is 164 Å². The number of carbonyl (C=O) groups is 1. The van der Waals surface area contributed by atoms with Crippen molar-refractivity contribution in [2.75, 3.05) is 13.7 Å². The van der Waals surface area contributed by atoms with Gasteiger partial charge < -0.3 is 9.64 Å². The van der Waals surface area contributed by atoms with E-state index >= 15 is 0 Å². The van der Waals surface area contributed by atoms with E-state index in [1.54, 1.807) is 13.3 Å². The standard InChI is InChI=1S/C22H24N4O2/c1-16-23-12-14-25(16)21-7-3-5-19(24-21)20-6-4-13-26(20)22(27)15-17-8-10-18(28-2)11-9-17/h3,5,7-12,14,20H,4,6,13,15H2,1-2H3/t20-/m1/s1. The van der Waals surface area contributed by atoms with Crippen LogP contribution in [0.4, 0.5) is 0 Å². The van der Waals surface area contributed by atoms with Gasteiger partial charge in [0.25, 0.3) is 0 Å². The summed E-state index contributed by atoms with van der Waals surface area (Å²) in [7, 11) is 1.64.